The topological polar surface area (TPSA) is 18.5 Å². The minimum absolute atomic E-state index is 0.723. The van der Waals surface area contributed by atoms with E-state index in [-0.39, 0.29) is 0 Å². The average Bonchev–Trinajstić information content (AvgIpc) is 3.02. The second-order valence-corrected chi connectivity index (χ2v) is 5.72. The zero-order valence-electron chi connectivity index (χ0n) is 11.1. The molecule has 1 N–H and O–H groups in total. The lowest BCUT2D eigenvalue weighted by atomic mass is 10.1. The molecule has 3 heteroatoms. The van der Waals surface area contributed by atoms with Crippen molar-refractivity contribution in [1.82, 2.24) is 15.1 Å². The van der Waals surface area contributed by atoms with Crippen molar-refractivity contribution in [2.45, 2.75) is 38.3 Å². The minimum Gasteiger partial charge on any atom is -0.319 e. The van der Waals surface area contributed by atoms with Gasteiger partial charge in [0.2, 0.25) is 0 Å². The van der Waals surface area contributed by atoms with E-state index in [0.717, 1.165) is 18.0 Å². The Morgan fingerprint density at radius 1 is 1.38 bits per heavy atom. The molecule has 2 atom stereocenters. The molecule has 94 valence electrons. The van der Waals surface area contributed by atoms with Gasteiger partial charge >= 0.3 is 0 Å². The van der Waals surface area contributed by atoms with Crippen LogP contribution in [0.3, 0.4) is 0 Å². The van der Waals surface area contributed by atoms with Crippen LogP contribution in [0.2, 0.25) is 0 Å². The molecule has 0 amide bonds. The third-order valence-corrected chi connectivity index (χ3v) is 4.20. The Balaban J connectivity index is 1.69. The number of nitrogens with one attached hydrogen (secondary N) is 1. The van der Waals surface area contributed by atoms with E-state index >= 15 is 0 Å². The number of likely N-dealkylation sites (N-methyl/N-ethyl adjacent to an activating group) is 1. The summed E-state index contributed by atoms with van der Waals surface area (Å²) < 4.78 is 0. The van der Waals surface area contributed by atoms with Gasteiger partial charge in [-0.3, -0.25) is 4.90 Å². The fourth-order valence-electron chi connectivity index (χ4n) is 2.88. The van der Waals surface area contributed by atoms with Crippen molar-refractivity contribution >= 4 is 0 Å². The molecule has 1 heterocycles. The summed E-state index contributed by atoms with van der Waals surface area (Å²) in [7, 11) is 4.36. The molecule has 2 rings (SSSR count). The Morgan fingerprint density at radius 3 is 2.75 bits per heavy atom. The average molecular weight is 225 g/mol. The van der Waals surface area contributed by atoms with Gasteiger partial charge in [0.05, 0.1) is 0 Å². The molecule has 0 aromatic rings. The molecule has 1 aliphatic carbocycles. The van der Waals surface area contributed by atoms with Gasteiger partial charge in [0.15, 0.2) is 0 Å². The van der Waals surface area contributed by atoms with Crippen LogP contribution in [0.4, 0.5) is 0 Å². The summed E-state index contributed by atoms with van der Waals surface area (Å²) in [6.07, 6.45) is 4.22. The van der Waals surface area contributed by atoms with Gasteiger partial charge in [0.25, 0.3) is 0 Å². The highest BCUT2D eigenvalue weighted by molar-refractivity contribution is 4.87. The predicted molar refractivity (Wildman–Crippen MR) is 68.7 cm³/mol. The normalized spacial score (nSPS) is 28.9. The summed E-state index contributed by atoms with van der Waals surface area (Å²) >= 11 is 0. The van der Waals surface area contributed by atoms with Crippen molar-refractivity contribution in [3.63, 3.8) is 0 Å². The number of nitrogens with zero attached hydrogens (tertiary/aromatic N) is 2. The van der Waals surface area contributed by atoms with Crippen LogP contribution in [0.25, 0.3) is 0 Å². The van der Waals surface area contributed by atoms with Crippen LogP contribution in [-0.4, -0.2) is 62.2 Å². The zero-order valence-corrected chi connectivity index (χ0v) is 11.1. The highest BCUT2D eigenvalue weighted by atomic mass is 15.2. The summed E-state index contributed by atoms with van der Waals surface area (Å²) in [6.45, 7) is 7.42. The lowest BCUT2D eigenvalue weighted by Crippen LogP contribution is -2.40. The van der Waals surface area contributed by atoms with Crippen molar-refractivity contribution in [2.24, 2.45) is 5.92 Å². The molecule has 0 aromatic carbocycles. The molecule has 0 radical (unpaired) electrons. The van der Waals surface area contributed by atoms with E-state index in [9.17, 15) is 0 Å². The summed E-state index contributed by atoms with van der Waals surface area (Å²) in [4.78, 5) is 5.22. The van der Waals surface area contributed by atoms with Crippen molar-refractivity contribution in [3.05, 3.63) is 0 Å². The van der Waals surface area contributed by atoms with Crippen LogP contribution in [0.5, 0.6) is 0 Å². The Hall–Kier alpha value is -0.120. The van der Waals surface area contributed by atoms with Gasteiger partial charge in [0, 0.05) is 25.2 Å². The van der Waals surface area contributed by atoms with Gasteiger partial charge < -0.3 is 10.2 Å². The highest BCUT2D eigenvalue weighted by Crippen LogP contribution is 2.27. The molecular formula is C13H27N3. The first-order chi connectivity index (χ1) is 7.70. The second kappa shape index (κ2) is 5.48. The van der Waals surface area contributed by atoms with E-state index in [1.165, 1.54) is 45.4 Å². The Morgan fingerprint density at radius 2 is 2.12 bits per heavy atom. The van der Waals surface area contributed by atoms with Crippen LogP contribution in [-0.2, 0) is 0 Å². The standard InChI is InChI=1S/C13H27N3/c1-11(15(3)13-4-5-13)9-16-7-6-12(10-16)8-14-2/h11-14H,4-10H2,1-3H3. The van der Waals surface area contributed by atoms with E-state index in [4.69, 9.17) is 0 Å². The minimum atomic E-state index is 0.723. The number of hydrogen-bond acceptors (Lipinski definition) is 3. The molecule has 16 heavy (non-hydrogen) atoms. The van der Waals surface area contributed by atoms with Gasteiger partial charge in [0.1, 0.15) is 0 Å². The molecule has 2 aliphatic rings. The van der Waals surface area contributed by atoms with Crippen LogP contribution in [0.15, 0.2) is 0 Å². The van der Waals surface area contributed by atoms with E-state index < -0.39 is 0 Å². The lowest BCUT2D eigenvalue weighted by Gasteiger charge is -2.28. The lowest BCUT2D eigenvalue weighted by molar-refractivity contribution is 0.182. The van der Waals surface area contributed by atoms with Crippen molar-refractivity contribution < 1.29 is 0 Å². The Bertz CT molecular complexity index is 215. The maximum absolute atomic E-state index is 3.30. The zero-order chi connectivity index (χ0) is 11.5. The third kappa shape index (κ3) is 3.19. The summed E-state index contributed by atoms with van der Waals surface area (Å²) in [5.74, 6) is 0.878. The maximum atomic E-state index is 3.30. The molecule has 1 saturated heterocycles. The molecule has 0 bridgehead atoms. The molecule has 1 saturated carbocycles. The molecular weight excluding hydrogens is 198 g/mol. The number of rotatable bonds is 6. The summed E-state index contributed by atoms with van der Waals surface area (Å²) in [5.41, 5.74) is 0. The molecule has 2 fully saturated rings. The first kappa shape index (κ1) is 12.3. The molecule has 0 aromatic heterocycles. The fourth-order valence-corrected chi connectivity index (χ4v) is 2.88. The number of hydrogen-bond donors (Lipinski definition) is 1. The van der Waals surface area contributed by atoms with Crippen molar-refractivity contribution in [1.29, 1.82) is 0 Å². The predicted octanol–water partition coefficient (Wildman–Crippen LogP) is 1.01. The van der Waals surface area contributed by atoms with Crippen molar-refractivity contribution in [2.75, 3.05) is 40.3 Å². The van der Waals surface area contributed by atoms with Crippen LogP contribution < -0.4 is 5.32 Å². The van der Waals surface area contributed by atoms with Crippen molar-refractivity contribution in [3.8, 4) is 0 Å². The fraction of sp³-hybridized carbons (Fsp3) is 1.00. The van der Waals surface area contributed by atoms with E-state index in [0.29, 0.717) is 0 Å². The third-order valence-electron chi connectivity index (χ3n) is 4.20. The Labute approximate surface area is 100 Å². The van der Waals surface area contributed by atoms with Crippen LogP contribution >= 0.6 is 0 Å². The maximum Gasteiger partial charge on any atom is 0.0194 e. The Kier molecular flexibility index (Phi) is 4.22. The first-order valence-corrected chi connectivity index (χ1v) is 6.79. The molecule has 1 aliphatic heterocycles. The van der Waals surface area contributed by atoms with Crippen LogP contribution in [0, 0.1) is 5.92 Å². The van der Waals surface area contributed by atoms with Gasteiger partial charge in [-0.1, -0.05) is 0 Å². The molecule has 3 nitrogen and oxygen atoms in total. The molecule has 2 unspecified atom stereocenters. The SMILES string of the molecule is CNCC1CCN(CC(C)N(C)C2CC2)C1. The summed E-state index contributed by atoms with van der Waals surface area (Å²) in [5, 5.41) is 3.30. The van der Waals surface area contributed by atoms with Gasteiger partial charge in [-0.25, -0.2) is 0 Å². The smallest absolute Gasteiger partial charge is 0.0194 e. The van der Waals surface area contributed by atoms with E-state index in [1.54, 1.807) is 0 Å². The van der Waals surface area contributed by atoms with Crippen LogP contribution in [0.1, 0.15) is 26.2 Å². The van der Waals surface area contributed by atoms with Gasteiger partial charge in [-0.15, -0.1) is 0 Å². The highest BCUT2D eigenvalue weighted by Gasteiger charge is 2.31. The quantitative estimate of drug-likeness (QED) is 0.728. The largest absolute Gasteiger partial charge is 0.319 e. The van der Waals surface area contributed by atoms with E-state index in [1.807, 2.05) is 0 Å². The summed E-state index contributed by atoms with van der Waals surface area (Å²) in [6, 6.07) is 1.62. The monoisotopic (exact) mass is 225 g/mol. The van der Waals surface area contributed by atoms with Gasteiger partial charge in [-0.05, 0) is 59.3 Å². The number of likely N-dealkylation sites (tertiary alicyclic amines) is 1. The molecule has 0 spiro atoms. The van der Waals surface area contributed by atoms with E-state index in [2.05, 4.69) is 36.1 Å². The second-order valence-electron chi connectivity index (χ2n) is 5.72. The van der Waals surface area contributed by atoms with Gasteiger partial charge in [-0.2, -0.15) is 0 Å². The first-order valence-electron chi connectivity index (χ1n) is 6.79.